The van der Waals surface area contributed by atoms with E-state index < -0.39 is 12.1 Å². The Morgan fingerprint density at radius 3 is 2.24 bits per heavy atom. The summed E-state index contributed by atoms with van der Waals surface area (Å²) in [5.41, 5.74) is 3.59. The molecule has 1 atom stereocenters. The van der Waals surface area contributed by atoms with Gasteiger partial charge >= 0.3 is 12.1 Å². The van der Waals surface area contributed by atoms with E-state index in [9.17, 15) is 18.0 Å². The van der Waals surface area contributed by atoms with Gasteiger partial charge in [-0.25, -0.2) is 4.79 Å². The lowest BCUT2D eigenvalue weighted by molar-refractivity contribution is -0.192. The van der Waals surface area contributed by atoms with Crippen molar-refractivity contribution in [2.75, 3.05) is 24.5 Å². The normalized spacial score (nSPS) is 19.7. The Kier molecular flexibility index (Phi) is 7.15. The average Bonchev–Trinajstić information content (AvgIpc) is 3.25. The van der Waals surface area contributed by atoms with Gasteiger partial charge in [0.15, 0.2) is 0 Å². The second-order valence-corrected chi connectivity index (χ2v) is 10.8. The van der Waals surface area contributed by atoms with Gasteiger partial charge in [-0.1, -0.05) is 20.8 Å². The number of carboxylic acids is 1. The molecule has 1 amide bonds. The van der Waals surface area contributed by atoms with Crippen LogP contribution in [0.4, 0.5) is 18.9 Å². The molecular formula is C27H31F3N4O4. The Hall–Kier alpha value is -3.63. The number of carboxylic acid groups (broad SMARTS) is 1. The molecule has 204 valence electrons. The molecule has 5 rings (SSSR count). The molecule has 0 aliphatic carbocycles. The molecule has 2 aliphatic heterocycles. The van der Waals surface area contributed by atoms with Crippen LogP contribution < -0.4 is 4.90 Å². The maximum Gasteiger partial charge on any atom is 0.490 e. The first kappa shape index (κ1) is 27.4. The summed E-state index contributed by atoms with van der Waals surface area (Å²) >= 11 is 0. The number of rotatable bonds is 2. The number of nitrogens with zero attached hydrogens (tertiary/aromatic N) is 4. The van der Waals surface area contributed by atoms with Crippen molar-refractivity contribution < 1.29 is 32.3 Å². The maximum absolute atomic E-state index is 13.4. The number of benzene rings is 1. The fourth-order valence-corrected chi connectivity index (χ4v) is 5.01. The van der Waals surface area contributed by atoms with Gasteiger partial charge < -0.3 is 19.3 Å². The summed E-state index contributed by atoms with van der Waals surface area (Å²) in [5, 5.41) is 7.12. The Balaban J connectivity index is 0.000000426. The lowest BCUT2D eigenvalue weighted by atomic mass is 9.77. The minimum absolute atomic E-state index is 0.00823. The third-order valence-electron chi connectivity index (χ3n) is 7.11. The van der Waals surface area contributed by atoms with Crippen LogP contribution in [0.3, 0.4) is 0 Å². The van der Waals surface area contributed by atoms with Crippen molar-refractivity contribution in [3.05, 3.63) is 53.7 Å². The molecule has 3 aromatic rings. The second-order valence-electron chi connectivity index (χ2n) is 10.8. The molecule has 2 fully saturated rings. The molecule has 11 heteroatoms. The molecule has 2 aliphatic rings. The van der Waals surface area contributed by atoms with E-state index in [2.05, 4.69) is 47.8 Å². The monoisotopic (exact) mass is 532 g/mol. The number of fused-ring (bicyclic) bond motifs is 1. The van der Waals surface area contributed by atoms with Gasteiger partial charge in [-0.2, -0.15) is 13.2 Å². The first-order valence-corrected chi connectivity index (χ1v) is 12.4. The van der Waals surface area contributed by atoms with Crippen LogP contribution in [0.15, 0.2) is 41.1 Å². The van der Waals surface area contributed by atoms with E-state index in [1.807, 2.05) is 24.0 Å². The molecule has 0 saturated carbocycles. The van der Waals surface area contributed by atoms with E-state index in [0.29, 0.717) is 11.3 Å². The molecule has 0 bridgehead atoms. The van der Waals surface area contributed by atoms with Gasteiger partial charge in [-0.15, -0.1) is 0 Å². The Bertz CT molecular complexity index is 1350. The standard InChI is InChI=1S/C25H30N4O2.C2HF3O2/c1-17-19(15-22(31-17)24(2,3)4)23(30)28-12-5-8-25(16-28)9-13-29(25)18-6-7-20-21(14-18)27-11-10-26-20;3-2(4,5)1(6)7/h6-7,10-11,14-15H,5,8-9,12-13,16H2,1-4H3;(H,6,7). The molecular weight excluding hydrogens is 501 g/mol. The number of alkyl halides is 3. The zero-order valence-corrected chi connectivity index (χ0v) is 21.8. The summed E-state index contributed by atoms with van der Waals surface area (Å²) in [4.78, 5) is 35.7. The SMILES string of the molecule is Cc1oc(C(C)(C)C)cc1C(=O)N1CCCC2(CCN2c2ccc3nccnc3c2)C1.O=C(O)C(F)(F)F. The van der Waals surface area contributed by atoms with Crippen molar-refractivity contribution in [3.8, 4) is 0 Å². The molecule has 1 spiro atoms. The number of aliphatic carboxylic acids is 1. The molecule has 2 saturated heterocycles. The smallest absolute Gasteiger partial charge is 0.475 e. The van der Waals surface area contributed by atoms with Crippen LogP contribution in [0.5, 0.6) is 0 Å². The van der Waals surface area contributed by atoms with Crippen LogP contribution >= 0.6 is 0 Å². The minimum atomic E-state index is -5.08. The topological polar surface area (TPSA) is 99.8 Å². The van der Waals surface area contributed by atoms with Gasteiger partial charge in [0.1, 0.15) is 11.5 Å². The molecule has 0 radical (unpaired) electrons. The first-order chi connectivity index (χ1) is 17.7. The van der Waals surface area contributed by atoms with Crippen LogP contribution in [-0.4, -0.2) is 63.2 Å². The van der Waals surface area contributed by atoms with E-state index in [1.165, 1.54) is 5.69 Å². The van der Waals surface area contributed by atoms with Crippen molar-refractivity contribution in [3.63, 3.8) is 0 Å². The first-order valence-electron chi connectivity index (χ1n) is 12.4. The number of halogens is 3. The lowest BCUT2D eigenvalue weighted by Crippen LogP contribution is -2.68. The third-order valence-corrected chi connectivity index (χ3v) is 7.11. The number of aryl methyl sites for hydroxylation is 1. The van der Waals surface area contributed by atoms with Crippen molar-refractivity contribution in [2.45, 2.75) is 64.1 Å². The molecule has 38 heavy (non-hydrogen) atoms. The van der Waals surface area contributed by atoms with Gasteiger partial charge in [-0.05, 0) is 50.5 Å². The fourth-order valence-electron chi connectivity index (χ4n) is 5.01. The summed E-state index contributed by atoms with van der Waals surface area (Å²) in [5.74, 6) is -1.09. The van der Waals surface area contributed by atoms with Crippen LogP contribution in [0.25, 0.3) is 11.0 Å². The number of amides is 1. The van der Waals surface area contributed by atoms with E-state index in [0.717, 1.165) is 55.7 Å². The average molecular weight is 533 g/mol. The third kappa shape index (κ3) is 5.46. The quantitative estimate of drug-likeness (QED) is 0.475. The Morgan fingerprint density at radius 2 is 1.68 bits per heavy atom. The van der Waals surface area contributed by atoms with Crippen LogP contribution in [-0.2, 0) is 10.2 Å². The number of furan rings is 1. The highest BCUT2D eigenvalue weighted by Crippen LogP contribution is 2.43. The predicted molar refractivity (Wildman–Crippen MR) is 135 cm³/mol. The summed E-state index contributed by atoms with van der Waals surface area (Å²) in [6, 6.07) is 8.24. The van der Waals surface area contributed by atoms with Gasteiger partial charge in [0, 0.05) is 43.1 Å². The summed E-state index contributed by atoms with van der Waals surface area (Å²) in [6.45, 7) is 10.8. The molecule has 1 N–H and O–H groups in total. The van der Waals surface area contributed by atoms with Crippen LogP contribution in [0, 0.1) is 6.92 Å². The highest BCUT2D eigenvalue weighted by Gasteiger charge is 2.48. The maximum atomic E-state index is 13.4. The molecule has 2 aromatic heterocycles. The highest BCUT2D eigenvalue weighted by molar-refractivity contribution is 5.95. The minimum Gasteiger partial charge on any atom is -0.475 e. The molecule has 8 nitrogen and oxygen atoms in total. The Morgan fingerprint density at radius 1 is 1.03 bits per heavy atom. The summed E-state index contributed by atoms with van der Waals surface area (Å²) in [7, 11) is 0. The Labute approximate surface area is 218 Å². The zero-order valence-electron chi connectivity index (χ0n) is 21.8. The van der Waals surface area contributed by atoms with Crippen molar-refractivity contribution in [1.29, 1.82) is 0 Å². The largest absolute Gasteiger partial charge is 0.490 e. The van der Waals surface area contributed by atoms with E-state index in [4.69, 9.17) is 14.3 Å². The number of hydrogen-bond acceptors (Lipinski definition) is 6. The van der Waals surface area contributed by atoms with Gasteiger partial charge in [-0.3, -0.25) is 14.8 Å². The van der Waals surface area contributed by atoms with Gasteiger partial charge in [0.05, 0.1) is 22.1 Å². The van der Waals surface area contributed by atoms with Gasteiger partial charge in [0.2, 0.25) is 0 Å². The number of aromatic nitrogens is 2. The molecule has 4 heterocycles. The number of carbonyl (C=O) groups is 2. The molecule has 1 unspecified atom stereocenters. The second kappa shape index (κ2) is 9.92. The number of anilines is 1. The van der Waals surface area contributed by atoms with Gasteiger partial charge in [0.25, 0.3) is 5.91 Å². The van der Waals surface area contributed by atoms with Crippen molar-refractivity contribution >= 4 is 28.6 Å². The van der Waals surface area contributed by atoms with E-state index in [1.54, 1.807) is 12.4 Å². The van der Waals surface area contributed by atoms with Crippen molar-refractivity contribution in [2.24, 2.45) is 0 Å². The summed E-state index contributed by atoms with van der Waals surface area (Å²) < 4.78 is 37.7. The van der Waals surface area contributed by atoms with Crippen LogP contribution in [0.2, 0.25) is 0 Å². The van der Waals surface area contributed by atoms with E-state index in [-0.39, 0.29) is 16.9 Å². The van der Waals surface area contributed by atoms with Crippen LogP contribution in [0.1, 0.15) is 61.9 Å². The zero-order chi connectivity index (χ0) is 27.9. The summed E-state index contributed by atoms with van der Waals surface area (Å²) in [6.07, 6.45) is 1.59. The predicted octanol–water partition coefficient (Wildman–Crippen LogP) is 5.35. The number of piperidine rings is 1. The van der Waals surface area contributed by atoms with Crippen molar-refractivity contribution in [1.82, 2.24) is 14.9 Å². The lowest BCUT2D eigenvalue weighted by Gasteiger charge is -2.58. The highest BCUT2D eigenvalue weighted by atomic mass is 19.4. The van der Waals surface area contributed by atoms with E-state index >= 15 is 0 Å². The number of likely N-dealkylation sites (tertiary alicyclic amines) is 1. The number of hydrogen-bond donors (Lipinski definition) is 1. The fraction of sp³-hybridized carbons (Fsp3) is 0.481. The number of carbonyl (C=O) groups excluding carboxylic acids is 1. The molecule has 1 aromatic carbocycles.